The first-order chi connectivity index (χ1) is 7.63. The van der Waals surface area contributed by atoms with Gasteiger partial charge in [0.1, 0.15) is 0 Å². The van der Waals surface area contributed by atoms with Crippen LogP contribution in [-0.4, -0.2) is 17.6 Å². The summed E-state index contributed by atoms with van der Waals surface area (Å²) >= 11 is 0. The summed E-state index contributed by atoms with van der Waals surface area (Å²) in [6.45, 7) is 7.42. The van der Waals surface area contributed by atoms with Crippen molar-refractivity contribution in [3.63, 3.8) is 0 Å². The lowest BCUT2D eigenvalue weighted by Gasteiger charge is -2.28. The van der Waals surface area contributed by atoms with Crippen LogP contribution in [0.3, 0.4) is 0 Å². The van der Waals surface area contributed by atoms with E-state index in [1.165, 1.54) is 5.56 Å². The van der Waals surface area contributed by atoms with Crippen LogP contribution < -0.4 is 10.2 Å². The number of anilines is 1. The lowest BCUT2D eigenvalue weighted by molar-refractivity contribution is 0.244. The van der Waals surface area contributed by atoms with E-state index in [-0.39, 0.29) is 6.03 Å². The minimum atomic E-state index is -0.0299. The average Bonchev–Trinajstić information content (AvgIpc) is 2.28. The van der Waals surface area contributed by atoms with Gasteiger partial charge in [0.05, 0.1) is 17.9 Å². The topological polar surface area (TPSA) is 45.2 Å². The number of carbonyl (C=O) groups is 1. The zero-order valence-corrected chi connectivity index (χ0v) is 9.95. The highest BCUT2D eigenvalue weighted by Gasteiger charge is 2.23. The quantitative estimate of drug-likeness (QED) is 0.829. The van der Waals surface area contributed by atoms with Gasteiger partial charge in [-0.3, -0.25) is 9.88 Å². The Bertz CT molecular complexity index is 415. The summed E-state index contributed by atoms with van der Waals surface area (Å²) in [5, 5.41) is 2.81. The molecule has 0 aromatic carbocycles. The van der Waals surface area contributed by atoms with E-state index in [1.54, 1.807) is 4.90 Å². The number of carbonyl (C=O) groups excluding carboxylic acids is 1. The Hall–Kier alpha value is -1.58. The molecule has 0 unspecified atom stereocenters. The first-order valence-corrected chi connectivity index (χ1v) is 5.67. The molecule has 2 amide bonds. The Balaban J connectivity index is 2.45. The van der Waals surface area contributed by atoms with E-state index in [4.69, 9.17) is 0 Å². The third kappa shape index (κ3) is 1.75. The van der Waals surface area contributed by atoms with Gasteiger partial charge in [0.2, 0.25) is 0 Å². The molecule has 86 valence electrons. The lowest BCUT2D eigenvalue weighted by Crippen LogP contribution is -2.44. The van der Waals surface area contributed by atoms with Gasteiger partial charge in [-0.1, -0.05) is 13.8 Å². The third-order valence-electron chi connectivity index (χ3n) is 2.89. The fraction of sp³-hybridized carbons (Fsp3) is 0.500. The summed E-state index contributed by atoms with van der Waals surface area (Å²) in [6, 6.07) is 2.05. The maximum Gasteiger partial charge on any atom is 0.322 e. The molecule has 0 saturated heterocycles. The molecular formula is C12H17N3O. The minimum absolute atomic E-state index is 0.0299. The van der Waals surface area contributed by atoms with Crippen molar-refractivity contribution in [3.8, 4) is 0 Å². The molecule has 0 bridgehead atoms. The third-order valence-corrected chi connectivity index (χ3v) is 2.89. The number of hydrogen-bond acceptors (Lipinski definition) is 2. The molecule has 0 spiro atoms. The smallest absolute Gasteiger partial charge is 0.322 e. The molecule has 4 nitrogen and oxygen atoms in total. The molecule has 1 aromatic heterocycles. The standard InChI is InChI=1S/C12H17N3O/c1-4-15-11-5-9(8(2)3)6-13-10(11)7-14-12(15)16/h5-6,8H,4,7H2,1-3H3,(H,14,16). The summed E-state index contributed by atoms with van der Waals surface area (Å²) in [5.74, 6) is 0.432. The van der Waals surface area contributed by atoms with Crippen molar-refractivity contribution >= 4 is 11.7 Å². The summed E-state index contributed by atoms with van der Waals surface area (Å²) in [7, 11) is 0. The normalized spacial score (nSPS) is 15.0. The van der Waals surface area contributed by atoms with Crippen molar-refractivity contribution in [2.75, 3.05) is 11.4 Å². The van der Waals surface area contributed by atoms with Gasteiger partial charge in [-0.2, -0.15) is 0 Å². The summed E-state index contributed by atoms with van der Waals surface area (Å²) in [4.78, 5) is 17.8. The number of aromatic nitrogens is 1. The number of urea groups is 1. The van der Waals surface area contributed by atoms with Crippen molar-refractivity contribution in [3.05, 3.63) is 23.5 Å². The van der Waals surface area contributed by atoms with Crippen molar-refractivity contribution in [2.45, 2.75) is 33.2 Å². The lowest BCUT2D eigenvalue weighted by atomic mass is 10.0. The number of fused-ring (bicyclic) bond motifs is 1. The predicted octanol–water partition coefficient (Wildman–Crippen LogP) is 2.25. The van der Waals surface area contributed by atoms with E-state index in [0.717, 1.165) is 11.4 Å². The van der Waals surface area contributed by atoms with Crippen LogP contribution in [-0.2, 0) is 6.54 Å². The first kappa shape index (κ1) is 10.9. The average molecular weight is 219 g/mol. The van der Waals surface area contributed by atoms with Crippen LogP contribution >= 0.6 is 0 Å². The van der Waals surface area contributed by atoms with Gasteiger partial charge in [-0.15, -0.1) is 0 Å². The first-order valence-electron chi connectivity index (χ1n) is 5.67. The second-order valence-corrected chi connectivity index (χ2v) is 4.29. The zero-order valence-electron chi connectivity index (χ0n) is 9.95. The van der Waals surface area contributed by atoms with Gasteiger partial charge < -0.3 is 5.32 Å². The summed E-state index contributed by atoms with van der Waals surface area (Å²) in [6.07, 6.45) is 1.90. The molecule has 1 aliphatic heterocycles. The predicted molar refractivity (Wildman–Crippen MR) is 63.6 cm³/mol. The summed E-state index contributed by atoms with van der Waals surface area (Å²) < 4.78 is 0. The Morgan fingerprint density at radius 2 is 2.31 bits per heavy atom. The van der Waals surface area contributed by atoms with Gasteiger partial charge in [0, 0.05) is 12.7 Å². The Kier molecular flexibility index (Phi) is 2.81. The number of amides is 2. The maximum atomic E-state index is 11.7. The number of nitrogens with zero attached hydrogens (tertiary/aromatic N) is 2. The maximum absolute atomic E-state index is 11.7. The largest absolute Gasteiger partial charge is 0.332 e. The van der Waals surface area contributed by atoms with Crippen LogP contribution in [0.4, 0.5) is 10.5 Å². The fourth-order valence-corrected chi connectivity index (χ4v) is 1.86. The highest BCUT2D eigenvalue weighted by molar-refractivity contribution is 5.94. The molecule has 1 N–H and O–H groups in total. The van der Waals surface area contributed by atoms with Gasteiger partial charge in [-0.05, 0) is 24.5 Å². The molecule has 16 heavy (non-hydrogen) atoms. The van der Waals surface area contributed by atoms with E-state index in [2.05, 4.69) is 30.2 Å². The molecule has 2 heterocycles. The van der Waals surface area contributed by atoms with Crippen molar-refractivity contribution in [1.29, 1.82) is 0 Å². The van der Waals surface area contributed by atoms with Crippen LogP contribution in [0, 0.1) is 0 Å². The van der Waals surface area contributed by atoms with Crippen LogP contribution in [0.2, 0.25) is 0 Å². The van der Waals surface area contributed by atoms with Gasteiger partial charge in [-0.25, -0.2) is 4.79 Å². The number of hydrogen-bond donors (Lipinski definition) is 1. The zero-order chi connectivity index (χ0) is 11.7. The minimum Gasteiger partial charge on any atom is -0.332 e. The van der Waals surface area contributed by atoms with Crippen LogP contribution in [0.25, 0.3) is 0 Å². The molecule has 0 radical (unpaired) electrons. The molecule has 0 fully saturated rings. The highest BCUT2D eigenvalue weighted by Crippen LogP contribution is 2.26. The van der Waals surface area contributed by atoms with Gasteiger partial charge >= 0.3 is 6.03 Å². The van der Waals surface area contributed by atoms with E-state index in [1.807, 2.05) is 13.1 Å². The van der Waals surface area contributed by atoms with Crippen molar-refractivity contribution in [2.24, 2.45) is 0 Å². The number of rotatable bonds is 2. The molecule has 2 rings (SSSR count). The second-order valence-electron chi connectivity index (χ2n) is 4.29. The molecular weight excluding hydrogens is 202 g/mol. The van der Waals surface area contributed by atoms with Gasteiger partial charge in [0.15, 0.2) is 0 Å². The van der Waals surface area contributed by atoms with E-state index < -0.39 is 0 Å². The molecule has 0 saturated carbocycles. The SMILES string of the molecule is CCN1C(=O)NCc2ncc(C(C)C)cc21. The number of pyridine rings is 1. The van der Waals surface area contributed by atoms with Gasteiger partial charge in [0.25, 0.3) is 0 Å². The fourth-order valence-electron chi connectivity index (χ4n) is 1.86. The van der Waals surface area contributed by atoms with Crippen LogP contribution in [0.1, 0.15) is 37.9 Å². The molecule has 4 heteroatoms. The van der Waals surface area contributed by atoms with Crippen LogP contribution in [0.15, 0.2) is 12.3 Å². The van der Waals surface area contributed by atoms with E-state index in [9.17, 15) is 4.79 Å². The summed E-state index contributed by atoms with van der Waals surface area (Å²) in [5.41, 5.74) is 3.08. The Labute approximate surface area is 95.7 Å². The van der Waals surface area contributed by atoms with Crippen molar-refractivity contribution in [1.82, 2.24) is 10.3 Å². The Morgan fingerprint density at radius 3 is 2.94 bits per heavy atom. The Morgan fingerprint density at radius 1 is 1.56 bits per heavy atom. The highest BCUT2D eigenvalue weighted by atomic mass is 16.2. The van der Waals surface area contributed by atoms with E-state index >= 15 is 0 Å². The molecule has 0 atom stereocenters. The number of nitrogens with one attached hydrogen (secondary N) is 1. The molecule has 1 aliphatic rings. The molecule has 0 aliphatic carbocycles. The van der Waals surface area contributed by atoms with E-state index in [0.29, 0.717) is 19.0 Å². The van der Waals surface area contributed by atoms with Crippen LogP contribution in [0.5, 0.6) is 0 Å². The monoisotopic (exact) mass is 219 g/mol. The molecule has 1 aromatic rings. The van der Waals surface area contributed by atoms with Crippen molar-refractivity contribution < 1.29 is 4.79 Å². The second kappa shape index (κ2) is 4.12.